The van der Waals surface area contributed by atoms with Crippen molar-refractivity contribution in [3.63, 3.8) is 0 Å². The van der Waals surface area contributed by atoms with Crippen LogP contribution in [0.5, 0.6) is 0 Å². The van der Waals surface area contributed by atoms with Crippen molar-refractivity contribution in [2.45, 2.75) is 19.5 Å². The second kappa shape index (κ2) is 6.87. The SMILES string of the molecule is COCCn1ccnc1CN1CC[C@H](COC)C1. The van der Waals surface area contributed by atoms with Crippen LogP contribution in [0.2, 0.25) is 0 Å². The molecule has 1 aliphatic heterocycles. The van der Waals surface area contributed by atoms with Gasteiger partial charge in [0.1, 0.15) is 5.82 Å². The summed E-state index contributed by atoms with van der Waals surface area (Å²) in [6, 6.07) is 0. The number of hydrogen-bond acceptors (Lipinski definition) is 4. The van der Waals surface area contributed by atoms with Gasteiger partial charge in [0.15, 0.2) is 0 Å². The van der Waals surface area contributed by atoms with Crippen molar-refractivity contribution in [2.24, 2.45) is 5.92 Å². The average molecular weight is 253 g/mol. The summed E-state index contributed by atoms with van der Waals surface area (Å²) in [5.41, 5.74) is 0. The van der Waals surface area contributed by atoms with Crippen molar-refractivity contribution in [3.05, 3.63) is 18.2 Å². The highest BCUT2D eigenvalue weighted by molar-refractivity contribution is 4.93. The molecule has 0 bridgehead atoms. The van der Waals surface area contributed by atoms with E-state index >= 15 is 0 Å². The van der Waals surface area contributed by atoms with E-state index in [1.165, 1.54) is 6.42 Å². The minimum atomic E-state index is 0.678. The fraction of sp³-hybridized carbons (Fsp3) is 0.769. The summed E-state index contributed by atoms with van der Waals surface area (Å²) in [7, 11) is 3.51. The number of hydrogen-bond donors (Lipinski definition) is 0. The van der Waals surface area contributed by atoms with Gasteiger partial charge >= 0.3 is 0 Å². The summed E-state index contributed by atoms with van der Waals surface area (Å²) in [5, 5.41) is 0. The van der Waals surface area contributed by atoms with Crippen molar-refractivity contribution < 1.29 is 9.47 Å². The number of rotatable bonds is 7. The smallest absolute Gasteiger partial charge is 0.122 e. The van der Waals surface area contributed by atoms with Gasteiger partial charge in [-0.15, -0.1) is 0 Å². The maximum Gasteiger partial charge on any atom is 0.122 e. The van der Waals surface area contributed by atoms with Gasteiger partial charge in [-0.2, -0.15) is 0 Å². The van der Waals surface area contributed by atoms with Crippen LogP contribution in [0.25, 0.3) is 0 Å². The van der Waals surface area contributed by atoms with Crippen LogP contribution in [0.3, 0.4) is 0 Å². The van der Waals surface area contributed by atoms with Crippen molar-refractivity contribution in [2.75, 3.05) is 40.5 Å². The van der Waals surface area contributed by atoms with E-state index in [0.29, 0.717) is 5.92 Å². The van der Waals surface area contributed by atoms with E-state index in [4.69, 9.17) is 9.47 Å². The lowest BCUT2D eigenvalue weighted by atomic mass is 10.1. The molecular weight excluding hydrogens is 230 g/mol. The molecule has 5 nitrogen and oxygen atoms in total. The van der Waals surface area contributed by atoms with Gasteiger partial charge in [-0.25, -0.2) is 4.98 Å². The zero-order chi connectivity index (χ0) is 12.8. The molecule has 1 saturated heterocycles. The zero-order valence-corrected chi connectivity index (χ0v) is 11.3. The number of ether oxygens (including phenoxy) is 2. The first-order chi connectivity index (χ1) is 8.83. The molecule has 0 amide bonds. The zero-order valence-electron chi connectivity index (χ0n) is 11.3. The van der Waals surface area contributed by atoms with Crippen LogP contribution >= 0.6 is 0 Å². The molecule has 0 spiro atoms. The van der Waals surface area contributed by atoms with Gasteiger partial charge in [0.05, 0.1) is 19.8 Å². The molecule has 2 rings (SSSR count). The molecular formula is C13H23N3O2. The normalized spacial score (nSPS) is 20.7. The number of aromatic nitrogens is 2. The number of nitrogens with zero attached hydrogens (tertiary/aromatic N) is 3. The number of methoxy groups -OCH3 is 2. The summed E-state index contributed by atoms with van der Waals surface area (Å²) < 4.78 is 12.5. The third kappa shape index (κ3) is 3.54. The third-order valence-electron chi connectivity index (χ3n) is 3.48. The van der Waals surface area contributed by atoms with E-state index in [-0.39, 0.29) is 0 Å². The summed E-state index contributed by atoms with van der Waals surface area (Å²) >= 11 is 0. The van der Waals surface area contributed by atoms with Crippen LogP contribution in [0, 0.1) is 5.92 Å². The van der Waals surface area contributed by atoms with Gasteiger partial charge in [0, 0.05) is 39.7 Å². The highest BCUT2D eigenvalue weighted by Crippen LogP contribution is 2.18. The molecule has 1 aromatic heterocycles. The van der Waals surface area contributed by atoms with E-state index in [1.807, 2.05) is 12.4 Å². The van der Waals surface area contributed by atoms with Gasteiger partial charge < -0.3 is 14.0 Å². The molecule has 2 heterocycles. The van der Waals surface area contributed by atoms with Crippen LogP contribution in [0.4, 0.5) is 0 Å². The first-order valence-corrected chi connectivity index (χ1v) is 6.53. The Hall–Kier alpha value is -0.910. The molecule has 1 fully saturated rings. The monoisotopic (exact) mass is 253 g/mol. The Balaban J connectivity index is 1.84. The second-order valence-electron chi connectivity index (χ2n) is 4.87. The fourth-order valence-corrected chi connectivity index (χ4v) is 2.51. The topological polar surface area (TPSA) is 39.5 Å². The Morgan fingerprint density at radius 1 is 1.39 bits per heavy atom. The first-order valence-electron chi connectivity index (χ1n) is 6.53. The quantitative estimate of drug-likeness (QED) is 0.727. The Bertz CT molecular complexity index is 354. The second-order valence-corrected chi connectivity index (χ2v) is 4.87. The van der Waals surface area contributed by atoms with Crippen LogP contribution in [-0.2, 0) is 22.6 Å². The molecule has 0 aliphatic carbocycles. The number of likely N-dealkylation sites (tertiary alicyclic amines) is 1. The lowest BCUT2D eigenvalue weighted by Crippen LogP contribution is -2.23. The highest BCUT2D eigenvalue weighted by Gasteiger charge is 2.23. The van der Waals surface area contributed by atoms with Gasteiger partial charge in [-0.05, 0) is 18.9 Å². The van der Waals surface area contributed by atoms with Gasteiger partial charge in [-0.3, -0.25) is 4.90 Å². The Kier molecular flexibility index (Phi) is 5.16. The predicted octanol–water partition coefficient (Wildman–Crippen LogP) is 0.998. The minimum Gasteiger partial charge on any atom is -0.384 e. The van der Waals surface area contributed by atoms with Crippen molar-refractivity contribution >= 4 is 0 Å². The molecule has 1 atom stereocenters. The average Bonchev–Trinajstić information content (AvgIpc) is 2.98. The molecule has 0 radical (unpaired) electrons. The number of imidazole rings is 1. The van der Waals surface area contributed by atoms with Gasteiger partial charge in [0.2, 0.25) is 0 Å². The first kappa shape index (κ1) is 13.5. The standard InChI is InChI=1S/C13H23N3O2/c1-17-8-7-16-6-4-14-13(16)10-15-5-3-12(9-15)11-18-2/h4,6,12H,3,5,7-11H2,1-2H3/t12-/m0/s1. The maximum atomic E-state index is 5.22. The molecule has 18 heavy (non-hydrogen) atoms. The van der Waals surface area contributed by atoms with E-state index in [0.717, 1.165) is 45.2 Å². The van der Waals surface area contributed by atoms with E-state index in [1.54, 1.807) is 14.2 Å². The predicted molar refractivity (Wildman–Crippen MR) is 69.4 cm³/mol. The third-order valence-corrected chi connectivity index (χ3v) is 3.48. The lowest BCUT2D eigenvalue weighted by Gasteiger charge is -2.16. The molecule has 0 aromatic carbocycles. The largest absolute Gasteiger partial charge is 0.384 e. The maximum absolute atomic E-state index is 5.22. The minimum absolute atomic E-state index is 0.678. The van der Waals surface area contributed by atoms with Crippen molar-refractivity contribution in [1.29, 1.82) is 0 Å². The summed E-state index contributed by atoms with van der Waals surface area (Å²) in [6.45, 7) is 5.67. The fourth-order valence-electron chi connectivity index (χ4n) is 2.51. The van der Waals surface area contributed by atoms with Crippen LogP contribution in [0.15, 0.2) is 12.4 Å². The van der Waals surface area contributed by atoms with Crippen LogP contribution in [0.1, 0.15) is 12.2 Å². The van der Waals surface area contributed by atoms with Gasteiger partial charge in [-0.1, -0.05) is 0 Å². The van der Waals surface area contributed by atoms with Crippen molar-refractivity contribution in [1.82, 2.24) is 14.5 Å². The van der Waals surface area contributed by atoms with Crippen LogP contribution < -0.4 is 0 Å². The molecule has 0 saturated carbocycles. The Morgan fingerprint density at radius 3 is 3.06 bits per heavy atom. The lowest BCUT2D eigenvalue weighted by molar-refractivity contribution is 0.152. The molecule has 1 aliphatic rings. The summed E-state index contributed by atoms with van der Waals surface area (Å²) in [6.07, 6.45) is 5.12. The molecule has 0 unspecified atom stereocenters. The highest BCUT2D eigenvalue weighted by atomic mass is 16.5. The Labute approximate surface area is 109 Å². The van der Waals surface area contributed by atoms with Crippen LogP contribution in [-0.4, -0.2) is 55.0 Å². The van der Waals surface area contributed by atoms with Crippen molar-refractivity contribution in [3.8, 4) is 0 Å². The Morgan fingerprint density at radius 2 is 2.28 bits per heavy atom. The van der Waals surface area contributed by atoms with E-state index < -0.39 is 0 Å². The molecule has 1 aromatic rings. The molecule has 0 N–H and O–H groups in total. The summed E-state index contributed by atoms with van der Waals surface area (Å²) in [5.74, 6) is 1.81. The van der Waals surface area contributed by atoms with Gasteiger partial charge in [0.25, 0.3) is 0 Å². The summed E-state index contributed by atoms with van der Waals surface area (Å²) in [4.78, 5) is 6.89. The molecule has 102 valence electrons. The molecule has 5 heteroatoms. The van der Waals surface area contributed by atoms with E-state index in [9.17, 15) is 0 Å². The van der Waals surface area contributed by atoms with E-state index in [2.05, 4.69) is 14.5 Å².